The molecule has 5 aromatic rings. The third-order valence-electron chi connectivity index (χ3n) is 5.69. The number of anilines is 1. The second-order valence-electron chi connectivity index (χ2n) is 8.47. The van der Waals surface area contributed by atoms with Crippen LogP contribution in [0.2, 0.25) is 0 Å². The SMILES string of the molecule is O=C(Nc1ccc2nc(-c3ccccc3)[nH]c2c1)c1cc(-c2ccc3c(c2)OCCO3)n[nH]1.O=C(O)C(F)(F)F. The van der Waals surface area contributed by atoms with E-state index in [0.717, 1.165) is 28.0 Å². The van der Waals surface area contributed by atoms with Crippen LogP contribution in [0.1, 0.15) is 10.5 Å². The van der Waals surface area contributed by atoms with Crippen LogP contribution in [0.4, 0.5) is 18.9 Å². The number of benzene rings is 3. The Labute approximate surface area is 223 Å². The number of aromatic amines is 2. The maximum Gasteiger partial charge on any atom is 0.490 e. The number of aromatic nitrogens is 4. The van der Waals surface area contributed by atoms with Crippen molar-refractivity contribution in [1.29, 1.82) is 0 Å². The molecule has 40 heavy (non-hydrogen) atoms. The van der Waals surface area contributed by atoms with Crippen molar-refractivity contribution in [3.05, 3.63) is 78.5 Å². The van der Waals surface area contributed by atoms with Gasteiger partial charge in [0.05, 0.1) is 16.7 Å². The van der Waals surface area contributed by atoms with Gasteiger partial charge in [-0.2, -0.15) is 18.3 Å². The Morgan fingerprint density at radius 1 is 0.900 bits per heavy atom. The van der Waals surface area contributed by atoms with Gasteiger partial charge in [0.15, 0.2) is 11.5 Å². The largest absolute Gasteiger partial charge is 0.490 e. The molecule has 0 saturated heterocycles. The van der Waals surface area contributed by atoms with E-state index in [2.05, 4.69) is 25.5 Å². The number of fused-ring (bicyclic) bond motifs is 2. The molecule has 0 bridgehead atoms. The molecule has 0 unspecified atom stereocenters. The Balaban J connectivity index is 0.000000411. The lowest BCUT2D eigenvalue weighted by Crippen LogP contribution is -2.21. The lowest BCUT2D eigenvalue weighted by molar-refractivity contribution is -0.192. The van der Waals surface area contributed by atoms with Gasteiger partial charge in [-0.3, -0.25) is 9.89 Å². The van der Waals surface area contributed by atoms with Crippen LogP contribution in [-0.2, 0) is 4.79 Å². The Bertz CT molecular complexity index is 1680. The van der Waals surface area contributed by atoms with Crippen LogP contribution >= 0.6 is 0 Å². The third kappa shape index (κ3) is 5.88. The number of halogens is 3. The van der Waals surface area contributed by atoms with Crippen molar-refractivity contribution in [3.63, 3.8) is 0 Å². The van der Waals surface area contributed by atoms with E-state index in [-0.39, 0.29) is 5.91 Å². The first-order valence-corrected chi connectivity index (χ1v) is 11.8. The van der Waals surface area contributed by atoms with Crippen LogP contribution in [0.15, 0.2) is 72.8 Å². The molecule has 4 N–H and O–H groups in total. The van der Waals surface area contributed by atoms with E-state index < -0.39 is 12.1 Å². The first kappa shape index (κ1) is 26.3. The highest BCUT2D eigenvalue weighted by molar-refractivity contribution is 6.04. The van der Waals surface area contributed by atoms with Gasteiger partial charge in [0.2, 0.25) is 0 Å². The topological polar surface area (TPSA) is 142 Å². The van der Waals surface area contributed by atoms with Gasteiger partial charge in [0.25, 0.3) is 5.91 Å². The zero-order chi connectivity index (χ0) is 28.3. The van der Waals surface area contributed by atoms with E-state index in [1.54, 1.807) is 6.07 Å². The van der Waals surface area contributed by atoms with Gasteiger partial charge < -0.3 is 24.9 Å². The van der Waals surface area contributed by atoms with Gasteiger partial charge in [-0.15, -0.1) is 0 Å². The molecule has 2 aromatic heterocycles. The van der Waals surface area contributed by atoms with Crippen LogP contribution < -0.4 is 14.8 Å². The van der Waals surface area contributed by atoms with Crippen LogP contribution in [-0.4, -0.2) is 56.5 Å². The summed E-state index contributed by atoms with van der Waals surface area (Å²) in [6.07, 6.45) is -5.08. The summed E-state index contributed by atoms with van der Waals surface area (Å²) in [5, 5.41) is 17.1. The highest BCUT2D eigenvalue weighted by atomic mass is 19.4. The molecule has 1 aliphatic rings. The summed E-state index contributed by atoms with van der Waals surface area (Å²) in [7, 11) is 0. The number of amides is 1. The number of nitrogens with one attached hydrogen (secondary N) is 3. The van der Waals surface area contributed by atoms with Crippen molar-refractivity contribution in [2.45, 2.75) is 6.18 Å². The number of carboxylic acids is 1. The number of aliphatic carboxylic acids is 1. The number of nitrogens with zero attached hydrogens (tertiary/aromatic N) is 2. The van der Waals surface area contributed by atoms with E-state index in [4.69, 9.17) is 19.4 Å². The monoisotopic (exact) mass is 551 g/mol. The predicted molar refractivity (Wildman–Crippen MR) is 138 cm³/mol. The highest BCUT2D eigenvalue weighted by Crippen LogP contribution is 2.34. The van der Waals surface area contributed by atoms with Gasteiger partial charge >= 0.3 is 12.1 Å². The molecule has 0 atom stereocenters. The quantitative estimate of drug-likeness (QED) is 0.238. The molecule has 1 amide bonds. The zero-order valence-electron chi connectivity index (χ0n) is 20.5. The number of alkyl halides is 3. The first-order valence-electron chi connectivity index (χ1n) is 11.8. The van der Waals surface area contributed by atoms with E-state index in [1.807, 2.05) is 66.7 Å². The number of ether oxygens (including phenoxy) is 2. The van der Waals surface area contributed by atoms with Gasteiger partial charge in [0, 0.05) is 16.8 Å². The molecule has 10 nitrogen and oxygen atoms in total. The molecule has 3 heterocycles. The fraction of sp³-hybridized carbons (Fsp3) is 0.111. The highest BCUT2D eigenvalue weighted by Gasteiger charge is 2.38. The van der Waals surface area contributed by atoms with Crippen LogP contribution in [0, 0.1) is 0 Å². The zero-order valence-corrected chi connectivity index (χ0v) is 20.5. The smallest absolute Gasteiger partial charge is 0.486 e. The van der Waals surface area contributed by atoms with Gasteiger partial charge in [-0.25, -0.2) is 9.78 Å². The first-order chi connectivity index (χ1) is 19.2. The van der Waals surface area contributed by atoms with Crippen molar-refractivity contribution >= 4 is 28.6 Å². The average molecular weight is 551 g/mol. The predicted octanol–water partition coefficient (Wildman–Crippen LogP) is 5.28. The summed E-state index contributed by atoms with van der Waals surface area (Å²) in [5.74, 6) is -0.869. The summed E-state index contributed by atoms with van der Waals surface area (Å²) in [4.78, 5) is 29.6. The maximum absolute atomic E-state index is 12.8. The summed E-state index contributed by atoms with van der Waals surface area (Å²) in [6.45, 7) is 1.05. The van der Waals surface area contributed by atoms with Crippen LogP contribution in [0.25, 0.3) is 33.7 Å². The molecule has 0 fully saturated rings. The molecule has 0 spiro atoms. The Morgan fingerprint density at radius 3 is 2.35 bits per heavy atom. The van der Waals surface area contributed by atoms with Gasteiger partial charge in [-0.1, -0.05) is 30.3 Å². The third-order valence-corrected chi connectivity index (χ3v) is 5.69. The Morgan fingerprint density at radius 2 is 1.62 bits per heavy atom. The molecule has 0 radical (unpaired) electrons. The van der Waals surface area contributed by atoms with E-state index in [0.29, 0.717) is 41.8 Å². The number of carbonyl (C=O) groups is 2. The molecule has 6 rings (SSSR count). The molecular formula is C27H20F3N5O5. The number of H-pyrrole nitrogens is 2. The van der Waals surface area contributed by atoms with E-state index in [1.165, 1.54) is 0 Å². The van der Waals surface area contributed by atoms with E-state index in [9.17, 15) is 18.0 Å². The van der Waals surface area contributed by atoms with Gasteiger partial charge in [-0.05, 0) is 42.5 Å². The maximum atomic E-state index is 12.8. The van der Waals surface area contributed by atoms with E-state index >= 15 is 0 Å². The van der Waals surface area contributed by atoms with Crippen molar-refractivity contribution in [2.75, 3.05) is 18.5 Å². The fourth-order valence-corrected chi connectivity index (χ4v) is 3.81. The molecular weight excluding hydrogens is 531 g/mol. The number of rotatable bonds is 4. The minimum Gasteiger partial charge on any atom is -0.486 e. The minimum absolute atomic E-state index is 0.284. The fourth-order valence-electron chi connectivity index (χ4n) is 3.81. The number of imidazole rings is 1. The van der Waals surface area contributed by atoms with Crippen LogP contribution in [0.3, 0.4) is 0 Å². The molecule has 3 aromatic carbocycles. The van der Waals surface area contributed by atoms with Crippen LogP contribution in [0.5, 0.6) is 11.5 Å². The molecule has 1 aliphatic heterocycles. The number of hydrogen-bond acceptors (Lipinski definition) is 6. The summed E-state index contributed by atoms with van der Waals surface area (Å²) in [6, 6.07) is 22.8. The lowest BCUT2D eigenvalue weighted by atomic mass is 10.1. The minimum atomic E-state index is -5.08. The number of carboxylic acid groups (broad SMARTS) is 1. The molecule has 204 valence electrons. The van der Waals surface area contributed by atoms with Gasteiger partial charge in [0.1, 0.15) is 24.7 Å². The second-order valence-corrected chi connectivity index (χ2v) is 8.47. The average Bonchev–Trinajstić information content (AvgIpc) is 3.61. The van der Waals surface area contributed by atoms with Crippen molar-refractivity contribution in [1.82, 2.24) is 20.2 Å². The molecule has 0 aliphatic carbocycles. The van der Waals surface area contributed by atoms with Crippen molar-refractivity contribution in [2.24, 2.45) is 0 Å². The number of carbonyl (C=O) groups excluding carboxylic acids is 1. The Hall–Kier alpha value is -5.33. The lowest BCUT2D eigenvalue weighted by Gasteiger charge is -2.18. The summed E-state index contributed by atoms with van der Waals surface area (Å²) < 4.78 is 42.9. The normalized spacial score (nSPS) is 12.4. The molecule has 13 heteroatoms. The Kier molecular flexibility index (Phi) is 7.10. The standard InChI is InChI=1S/C25H19N5O3.C2HF3O2/c31-25(21-14-19(29-30-21)16-6-9-22-23(12-16)33-11-10-32-22)26-17-7-8-18-20(13-17)28-24(27-18)15-4-2-1-3-5-15;3-2(4,5)1(6)7/h1-9,12-14H,10-11H2,(H,26,31)(H,27,28)(H,29,30);(H,6,7). The summed E-state index contributed by atoms with van der Waals surface area (Å²) in [5.41, 5.74) is 5.17. The van der Waals surface area contributed by atoms with Crippen molar-refractivity contribution in [3.8, 4) is 34.1 Å². The molecule has 0 saturated carbocycles. The summed E-state index contributed by atoms with van der Waals surface area (Å²) >= 11 is 0. The second kappa shape index (κ2) is 10.8. The van der Waals surface area contributed by atoms with Crippen molar-refractivity contribution < 1.29 is 37.3 Å². The number of hydrogen-bond donors (Lipinski definition) is 4.